The molecule has 2 nitrogen and oxygen atoms in total. The SMILES string of the molecule is C=C.CCCCc1ccc(C(=O)O)cc1. The van der Waals surface area contributed by atoms with Crippen molar-refractivity contribution in [2.24, 2.45) is 0 Å². The first-order valence-electron chi connectivity index (χ1n) is 5.06. The van der Waals surface area contributed by atoms with Crippen molar-refractivity contribution in [2.45, 2.75) is 26.2 Å². The highest BCUT2D eigenvalue weighted by Gasteiger charge is 2.00. The van der Waals surface area contributed by atoms with Gasteiger partial charge in [0.2, 0.25) is 0 Å². The van der Waals surface area contributed by atoms with E-state index < -0.39 is 5.97 Å². The van der Waals surface area contributed by atoms with E-state index >= 15 is 0 Å². The number of carbonyl (C=O) groups is 1. The number of hydrogen-bond donors (Lipinski definition) is 1. The minimum atomic E-state index is -0.859. The Morgan fingerprint density at radius 2 is 1.80 bits per heavy atom. The van der Waals surface area contributed by atoms with Gasteiger partial charge in [-0.25, -0.2) is 4.79 Å². The average Bonchev–Trinajstić information content (AvgIpc) is 2.29. The number of aryl methyl sites for hydroxylation is 1. The molecule has 2 heteroatoms. The molecule has 15 heavy (non-hydrogen) atoms. The second-order valence-electron chi connectivity index (χ2n) is 3.11. The van der Waals surface area contributed by atoms with Crippen LogP contribution in [0.4, 0.5) is 0 Å². The maximum atomic E-state index is 10.5. The third kappa shape index (κ3) is 5.01. The summed E-state index contributed by atoms with van der Waals surface area (Å²) in [5, 5.41) is 8.65. The Bertz CT molecular complexity index is 288. The highest BCUT2D eigenvalue weighted by molar-refractivity contribution is 5.87. The molecule has 0 amide bonds. The minimum Gasteiger partial charge on any atom is -0.478 e. The molecule has 0 aliphatic carbocycles. The summed E-state index contributed by atoms with van der Waals surface area (Å²) in [5.74, 6) is -0.859. The first-order chi connectivity index (χ1) is 7.24. The molecule has 0 radical (unpaired) electrons. The van der Waals surface area contributed by atoms with Crippen LogP contribution in [0.1, 0.15) is 35.7 Å². The molecule has 1 N–H and O–H groups in total. The molecule has 0 aliphatic heterocycles. The van der Waals surface area contributed by atoms with E-state index in [1.54, 1.807) is 12.1 Å². The molecule has 0 heterocycles. The molecule has 0 aliphatic rings. The molecule has 0 atom stereocenters. The van der Waals surface area contributed by atoms with Gasteiger partial charge in [-0.15, -0.1) is 13.2 Å². The molecule has 1 aromatic rings. The Morgan fingerprint density at radius 3 is 2.20 bits per heavy atom. The number of unbranched alkanes of at least 4 members (excludes halogenated alkanes) is 1. The summed E-state index contributed by atoms with van der Waals surface area (Å²) in [6, 6.07) is 7.10. The second-order valence-corrected chi connectivity index (χ2v) is 3.11. The van der Waals surface area contributed by atoms with Crippen LogP contribution in [0.25, 0.3) is 0 Å². The van der Waals surface area contributed by atoms with E-state index in [2.05, 4.69) is 20.1 Å². The fourth-order valence-electron chi connectivity index (χ4n) is 1.19. The smallest absolute Gasteiger partial charge is 0.335 e. The molecule has 0 unspecified atom stereocenters. The fourth-order valence-corrected chi connectivity index (χ4v) is 1.19. The Labute approximate surface area is 91.3 Å². The number of rotatable bonds is 4. The predicted octanol–water partition coefficient (Wildman–Crippen LogP) is 3.53. The average molecular weight is 206 g/mol. The highest BCUT2D eigenvalue weighted by atomic mass is 16.4. The maximum absolute atomic E-state index is 10.5. The van der Waals surface area contributed by atoms with Gasteiger partial charge >= 0.3 is 5.97 Å². The van der Waals surface area contributed by atoms with Crippen LogP contribution >= 0.6 is 0 Å². The summed E-state index contributed by atoms with van der Waals surface area (Å²) in [6.45, 7) is 8.14. The quantitative estimate of drug-likeness (QED) is 0.765. The topological polar surface area (TPSA) is 37.3 Å². The van der Waals surface area contributed by atoms with Crippen molar-refractivity contribution in [2.75, 3.05) is 0 Å². The van der Waals surface area contributed by atoms with E-state index in [4.69, 9.17) is 5.11 Å². The molecule has 0 saturated heterocycles. The zero-order valence-corrected chi connectivity index (χ0v) is 9.20. The van der Waals surface area contributed by atoms with E-state index in [1.165, 1.54) is 12.0 Å². The zero-order valence-electron chi connectivity index (χ0n) is 9.20. The zero-order chi connectivity index (χ0) is 11.7. The van der Waals surface area contributed by atoms with Crippen LogP contribution < -0.4 is 0 Å². The van der Waals surface area contributed by atoms with Gasteiger partial charge in [0.05, 0.1) is 5.56 Å². The molecule has 0 aromatic heterocycles. The normalized spacial score (nSPS) is 8.87. The second kappa shape index (κ2) is 7.80. The van der Waals surface area contributed by atoms with Crippen molar-refractivity contribution in [1.82, 2.24) is 0 Å². The number of aromatic carboxylic acids is 1. The summed E-state index contributed by atoms with van der Waals surface area (Å²) in [7, 11) is 0. The molecular weight excluding hydrogens is 188 g/mol. The minimum absolute atomic E-state index is 0.361. The fraction of sp³-hybridized carbons (Fsp3) is 0.308. The first-order valence-corrected chi connectivity index (χ1v) is 5.06. The maximum Gasteiger partial charge on any atom is 0.335 e. The lowest BCUT2D eigenvalue weighted by atomic mass is 10.1. The van der Waals surface area contributed by atoms with Gasteiger partial charge in [-0.2, -0.15) is 0 Å². The van der Waals surface area contributed by atoms with Crippen LogP contribution in [-0.2, 0) is 6.42 Å². The monoisotopic (exact) mass is 206 g/mol. The van der Waals surface area contributed by atoms with E-state index in [0.717, 1.165) is 12.8 Å². The standard InChI is InChI=1S/C11H14O2.C2H4/c1-2-3-4-9-5-7-10(8-6-9)11(12)13;1-2/h5-8H,2-4H2,1H3,(H,12,13);1-2H2. The van der Waals surface area contributed by atoms with Crippen LogP contribution in [0.2, 0.25) is 0 Å². The Hall–Kier alpha value is -1.57. The van der Waals surface area contributed by atoms with Gasteiger partial charge in [-0.1, -0.05) is 25.5 Å². The van der Waals surface area contributed by atoms with Crippen molar-refractivity contribution in [3.8, 4) is 0 Å². The summed E-state index contributed by atoms with van der Waals surface area (Å²) in [6.07, 6.45) is 3.36. The Kier molecular flexibility index (Phi) is 6.98. The molecule has 1 rings (SSSR count). The van der Waals surface area contributed by atoms with Crippen molar-refractivity contribution in [3.63, 3.8) is 0 Å². The largest absolute Gasteiger partial charge is 0.478 e. The molecule has 0 fully saturated rings. The molecule has 0 saturated carbocycles. The van der Waals surface area contributed by atoms with Gasteiger partial charge in [0.25, 0.3) is 0 Å². The molecule has 82 valence electrons. The van der Waals surface area contributed by atoms with Gasteiger partial charge < -0.3 is 5.11 Å². The van der Waals surface area contributed by atoms with E-state index in [0.29, 0.717) is 5.56 Å². The van der Waals surface area contributed by atoms with E-state index in [9.17, 15) is 4.79 Å². The van der Waals surface area contributed by atoms with Gasteiger partial charge in [0.15, 0.2) is 0 Å². The highest BCUT2D eigenvalue weighted by Crippen LogP contribution is 2.07. The lowest BCUT2D eigenvalue weighted by molar-refractivity contribution is 0.0697. The molecule has 0 spiro atoms. The molecule has 1 aromatic carbocycles. The third-order valence-corrected chi connectivity index (χ3v) is 2.02. The Balaban J connectivity index is 0.000000921. The number of carboxylic acids is 1. The van der Waals surface area contributed by atoms with E-state index in [-0.39, 0.29) is 0 Å². The number of benzene rings is 1. The van der Waals surface area contributed by atoms with Crippen LogP contribution in [0.15, 0.2) is 37.4 Å². The summed E-state index contributed by atoms with van der Waals surface area (Å²) >= 11 is 0. The van der Waals surface area contributed by atoms with Crippen LogP contribution in [0.5, 0.6) is 0 Å². The first kappa shape index (κ1) is 13.4. The van der Waals surface area contributed by atoms with Crippen molar-refractivity contribution >= 4 is 5.97 Å². The lowest BCUT2D eigenvalue weighted by Gasteiger charge is -1.99. The van der Waals surface area contributed by atoms with Gasteiger partial charge in [-0.05, 0) is 30.5 Å². The third-order valence-electron chi connectivity index (χ3n) is 2.02. The number of carboxylic acid groups (broad SMARTS) is 1. The van der Waals surface area contributed by atoms with Crippen LogP contribution in [-0.4, -0.2) is 11.1 Å². The Morgan fingerprint density at radius 1 is 1.27 bits per heavy atom. The van der Waals surface area contributed by atoms with Gasteiger partial charge in [0, 0.05) is 0 Å². The lowest BCUT2D eigenvalue weighted by Crippen LogP contribution is -1.95. The van der Waals surface area contributed by atoms with Crippen molar-refractivity contribution in [1.29, 1.82) is 0 Å². The van der Waals surface area contributed by atoms with E-state index in [1.807, 2.05) is 12.1 Å². The van der Waals surface area contributed by atoms with Crippen LogP contribution in [0, 0.1) is 0 Å². The summed E-state index contributed by atoms with van der Waals surface area (Å²) < 4.78 is 0. The molecular formula is C13H18O2. The van der Waals surface area contributed by atoms with Crippen molar-refractivity contribution in [3.05, 3.63) is 48.6 Å². The van der Waals surface area contributed by atoms with Gasteiger partial charge in [-0.3, -0.25) is 0 Å². The summed E-state index contributed by atoms with van der Waals surface area (Å²) in [5.41, 5.74) is 1.58. The summed E-state index contributed by atoms with van der Waals surface area (Å²) in [4.78, 5) is 10.5. The predicted molar refractivity (Wildman–Crippen MR) is 63.3 cm³/mol. The van der Waals surface area contributed by atoms with Gasteiger partial charge in [0.1, 0.15) is 0 Å². The van der Waals surface area contributed by atoms with Crippen LogP contribution in [0.3, 0.4) is 0 Å². The van der Waals surface area contributed by atoms with Crippen molar-refractivity contribution < 1.29 is 9.90 Å². The molecule has 0 bridgehead atoms. The number of hydrogen-bond acceptors (Lipinski definition) is 1.